The largest absolute Gasteiger partial charge is 0.371 e. The number of thioether (sulfide) groups is 1. The lowest BCUT2D eigenvalue weighted by molar-refractivity contribution is -0.121. The second-order valence-corrected chi connectivity index (χ2v) is 8.60. The molecule has 1 saturated heterocycles. The molecule has 2 aromatic rings. The normalized spacial score (nSPS) is 16.3. The highest BCUT2D eigenvalue weighted by molar-refractivity contribution is 8.00. The predicted octanol–water partition coefficient (Wildman–Crippen LogP) is 4.57. The minimum Gasteiger partial charge on any atom is -0.371 e. The highest BCUT2D eigenvalue weighted by Crippen LogP contribution is 2.25. The minimum atomic E-state index is -0.0764. The lowest BCUT2D eigenvalue weighted by Gasteiger charge is -2.34. The van der Waals surface area contributed by atoms with Crippen LogP contribution in [0, 0.1) is 13.8 Å². The van der Waals surface area contributed by atoms with Crippen LogP contribution in [0.15, 0.2) is 53.4 Å². The Labute approximate surface area is 161 Å². The van der Waals surface area contributed by atoms with Crippen LogP contribution in [0.1, 0.15) is 30.9 Å². The molecule has 0 radical (unpaired) electrons. The van der Waals surface area contributed by atoms with Gasteiger partial charge in [-0.3, -0.25) is 4.79 Å². The van der Waals surface area contributed by atoms with Gasteiger partial charge in [0, 0.05) is 29.7 Å². The van der Waals surface area contributed by atoms with Crippen molar-refractivity contribution in [1.29, 1.82) is 0 Å². The first-order valence-corrected chi connectivity index (χ1v) is 10.2. The summed E-state index contributed by atoms with van der Waals surface area (Å²) >= 11 is 1.63. The summed E-state index contributed by atoms with van der Waals surface area (Å²) < 4.78 is 0. The zero-order valence-corrected chi connectivity index (χ0v) is 16.7. The van der Waals surface area contributed by atoms with Crippen molar-refractivity contribution in [3.63, 3.8) is 0 Å². The molecule has 1 N–H and O–H groups in total. The van der Waals surface area contributed by atoms with Gasteiger partial charge in [0.2, 0.25) is 5.91 Å². The van der Waals surface area contributed by atoms with Crippen LogP contribution < -0.4 is 10.2 Å². The summed E-state index contributed by atoms with van der Waals surface area (Å²) in [6.07, 6.45) is 2.00. The Morgan fingerprint density at radius 2 is 1.77 bits per heavy atom. The first-order valence-electron chi connectivity index (χ1n) is 9.36. The first kappa shape index (κ1) is 18.8. The molecule has 138 valence electrons. The maximum absolute atomic E-state index is 12.5. The molecule has 0 bridgehead atoms. The predicted molar refractivity (Wildman–Crippen MR) is 111 cm³/mol. The topological polar surface area (TPSA) is 32.3 Å². The summed E-state index contributed by atoms with van der Waals surface area (Å²) in [6, 6.07) is 17.3. The molecule has 2 aromatic carbocycles. The van der Waals surface area contributed by atoms with Gasteiger partial charge < -0.3 is 10.2 Å². The maximum Gasteiger partial charge on any atom is 0.233 e. The van der Waals surface area contributed by atoms with Gasteiger partial charge in [-0.15, -0.1) is 11.8 Å². The monoisotopic (exact) mass is 368 g/mol. The molecule has 1 amide bonds. The van der Waals surface area contributed by atoms with Crippen molar-refractivity contribution in [3.8, 4) is 0 Å². The molecule has 26 heavy (non-hydrogen) atoms. The molecular formula is C22H28N2OS. The molecule has 0 aliphatic carbocycles. The number of piperidine rings is 1. The van der Waals surface area contributed by atoms with Gasteiger partial charge in [0.25, 0.3) is 0 Å². The summed E-state index contributed by atoms with van der Waals surface area (Å²) in [5.74, 6) is 0.143. The third-order valence-corrected chi connectivity index (χ3v) is 6.02. The van der Waals surface area contributed by atoms with E-state index in [2.05, 4.69) is 72.6 Å². The number of benzene rings is 2. The number of carbonyl (C=O) groups excluding carboxylic acids is 1. The Balaban J connectivity index is 1.47. The van der Waals surface area contributed by atoms with Gasteiger partial charge in [0.1, 0.15) is 0 Å². The van der Waals surface area contributed by atoms with E-state index in [0.717, 1.165) is 30.8 Å². The number of amides is 1. The molecule has 4 heteroatoms. The first-order chi connectivity index (χ1) is 12.5. The highest BCUT2D eigenvalue weighted by Gasteiger charge is 2.23. The third-order valence-electron chi connectivity index (χ3n) is 4.91. The third kappa shape index (κ3) is 5.04. The van der Waals surface area contributed by atoms with Crippen LogP contribution in [-0.4, -0.2) is 30.3 Å². The van der Waals surface area contributed by atoms with Gasteiger partial charge >= 0.3 is 0 Å². The number of rotatable bonds is 5. The summed E-state index contributed by atoms with van der Waals surface area (Å²) in [5.41, 5.74) is 3.82. The van der Waals surface area contributed by atoms with Crippen LogP contribution in [0.5, 0.6) is 0 Å². The summed E-state index contributed by atoms with van der Waals surface area (Å²) in [5, 5.41) is 3.17. The quantitative estimate of drug-likeness (QED) is 0.785. The molecule has 3 rings (SSSR count). The van der Waals surface area contributed by atoms with E-state index in [1.807, 2.05) is 6.92 Å². The summed E-state index contributed by atoms with van der Waals surface area (Å²) in [6.45, 7) is 8.18. The number of aryl methyl sites for hydroxylation is 2. The van der Waals surface area contributed by atoms with Crippen molar-refractivity contribution >= 4 is 23.4 Å². The van der Waals surface area contributed by atoms with Crippen molar-refractivity contribution in [1.82, 2.24) is 5.32 Å². The van der Waals surface area contributed by atoms with Crippen LogP contribution >= 0.6 is 11.8 Å². The van der Waals surface area contributed by atoms with Gasteiger partial charge in [-0.1, -0.05) is 29.8 Å². The van der Waals surface area contributed by atoms with Crippen LogP contribution in [0.2, 0.25) is 0 Å². The molecule has 1 atom stereocenters. The molecule has 1 aliphatic rings. The van der Waals surface area contributed by atoms with Crippen molar-refractivity contribution < 1.29 is 4.79 Å². The van der Waals surface area contributed by atoms with Gasteiger partial charge in [-0.25, -0.2) is 0 Å². The van der Waals surface area contributed by atoms with Gasteiger partial charge in [-0.05, 0) is 63.4 Å². The number of hydrogen-bond acceptors (Lipinski definition) is 3. The van der Waals surface area contributed by atoms with E-state index in [1.54, 1.807) is 11.8 Å². The average molecular weight is 369 g/mol. The molecule has 1 heterocycles. The number of nitrogens with one attached hydrogen (secondary N) is 1. The molecule has 0 spiro atoms. The van der Waals surface area contributed by atoms with E-state index in [9.17, 15) is 4.79 Å². The Bertz CT molecular complexity index is 736. The maximum atomic E-state index is 12.5. The molecule has 0 aromatic heterocycles. The molecule has 1 aliphatic heterocycles. The zero-order chi connectivity index (χ0) is 18.5. The average Bonchev–Trinajstić information content (AvgIpc) is 2.64. The molecule has 3 nitrogen and oxygen atoms in total. The Kier molecular flexibility index (Phi) is 6.25. The molecule has 1 fully saturated rings. The standard InChI is InChI=1S/C22H28N2OS/c1-16-7-9-21(10-8-16)26-18(3)22(25)23-19-11-13-24(14-12-19)20-6-4-5-17(2)15-20/h4-10,15,18-19H,11-14H2,1-3H3,(H,23,25)/t18-/m1/s1. The fourth-order valence-electron chi connectivity index (χ4n) is 3.30. The minimum absolute atomic E-state index is 0.0764. The van der Waals surface area contributed by atoms with Crippen LogP contribution in [0.3, 0.4) is 0 Å². The fraction of sp³-hybridized carbons (Fsp3) is 0.409. The molecular weight excluding hydrogens is 340 g/mol. The Morgan fingerprint density at radius 1 is 1.08 bits per heavy atom. The number of carbonyl (C=O) groups is 1. The number of hydrogen-bond donors (Lipinski definition) is 1. The van der Waals surface area contributed by atoms with E-state index in [4.69, 9.17) is 0 Å². The second-order valence-electron chi connectivity index (χ2n) is 7.18. The van der Waals surface area contributed by atoms with E-state index in [1.165, 1.54) is 16.8 Å². The van der Waals surface area contributed by atoms with Gasteiger partial charge in [0.15, 0.2) is 0 Å². The molecule has 0 saturated carbocycles. The van der Waals surface area contributed by atoms with Gasteiger partial charge in [0.05, 0.1) is 5.25 Å². The van der Waals surface area contributed by atoms with E-state index in [0.29, 0.717) is 0 Å². The Hall–Kier alpha value is -1.94. The van der Waals surface area contributed by atoms with Crippen LogP contribution in [0.4, 0.5) is 5.69 Å². The summed E-state index contributed by atoms with van der Waals surface area (Å²) in [7, 11) is 0. The second kappa shape index (κ2) is 8.63. The van der Waals surface area contributed by atoms with Crippen molar-refractivity contribution in [2.45, 2.75) is 49.8 Å². The van der Waals surface area contributed by atoms with Crippen molar-refractivity contribution in [2.75, 3.05) is 18.0 Å². The lowest BCUT2D eigenvalue weighted by atomic mass is 10.0. The van der Waals surface area contributed by atoms with Crippen molar-refractivity contribution in [3.05, 3.63) is 59.7 Å². The van der Waals surface area contributed by atoms with E-state index < -0.39 is 0 Å². The molecule has 0 unspecified atom stereocenters. The highest BCUT2D eigenvalue weighted by atomic mass is 32.2. The fourth-order valence-corrected chi connectivity index (χ4v) is 4.18. The zero-order valence-electron chi connectivity index (χ0n) is 15.9. The smallest absolute Gasteiger partial charge is 0.233 e. The lowest BCUT2D eigenvalue weighted by Crippen LogP contribution is -2.46. The van der Waals surface area contributed by atoms with Gasteiger partial charge in [-0.2, -0.15) is 0 Å². The SMILES string of the molecule is Cc1ccc(S[C@H](C)C(=O)NC2CCN(c3cccc(C)c3)CC2)cc1. The summed E-state index contributed by atoms with van der Waals surface area (Å²) in [4.78, 5) is 16.1. The number of nitrogens with zero attached hydrogens (tertiary/aromatic N) is 1. The van der Waals surface area contributed by atoms with E-state index >= 15 is 0 Å². The van der Waals surface area contributed by atoms with Crippen LogP contribution in [0.25, 0.3) is 0 Å². The number of anilines is 1. The Morgan fingerprint density at radius 3 is 2.42 bits per heavy atom. The van der Waals surface area contributed by atoms with Crippen LogP contribution in [-0.2, 0) is 4.79 Å². The van der Waals surface area contributed by atoms with E-state index in [-0.39, 0.29) is 17.2 Å². The van der Waals surface area contributed by atoms with Crippen molar-refractivity contribution in [2.24, 2.45) is 0 Å².